The van der Waals surface area contributed by atoms with Gasteiger partial charge in [-0.15, -0.1) is 0 Å². The summed E-state index contributed by atoms with van der Waals surface area (Å²) in [5.74, 6) is 0.724. The van der Waals surface area contributed by atoms with Gasteiger partial charge in [0.2, 0.25) is 9.05 Å². The molecule has 7 heteroatoms. The molecule has 0 saturated carbocycles. The molecule has 1 rings (SSSR count). The molecule has 96 valence electrons. The Morgan fingerprint density at radius 1 is 1.35 bits per heavy atom. The highest BCUT2D eigenvalue weighted by atomic mass is 79.9. The van der Waals surface area contributed by atoms with E-state index in [4.69, 9.17) is 20.2 Å². The Labute approximate surface area is 113 Å². The summed E-state index contributed by atoms with van der Waals surface area (Å²) in [6, 6.07) is 1.71. The summed E-state index contributed by atoms with van der Waals surface area (Å²) in [7, 11) is 4.64. The molecular formula is C10H12BrClO4S. The van der Waals surface area contributed by atoms with Gasteiger partial charge in [-0.2, -0.15) is 0 Å². The molecule has 0 bridgehead atoms. The van der Waals surface area contributed by atoms with Crippen molar-refractivity contribution in [3.8, 4) is 11.5 Å². The quantitative estimate of drug-likeness (QED) is 0.789. The normalized spacial score (nSPS) is 11.4. The van der Waals surface area contributed by atoms with Crippen LogP contribution >= 0.6 is 26.6 Å². The van der Waals surface area contributed by atoms with Gasteiger partial charge in [0.25, 0.3) is 0 Å². The van der Waals surface area contributed by atoms with E-state index in [0.29, 0.717) is 21.5 Å². The minimum absolute atomic E-state index is 0.263. The monoisotopic (exact) mass is 342 g/mol. The number of aryl methyl sites for hydroxylation is 1. The van der Waals surface area contributed by atoms with Crippen LogP contribution in [0.5, 0.6) is 11.5 Å². The third kappa shape index (κ3) is 3.50. The number of hydrogen-bond donors (Lipinski definition) is 0. The Morgan fingerprint density at radius 3 is 2.35 bits per heavy atom. The van der Waals surface area contributed by atoms with Crippen molar-refractivity contribution in [3.63, 3.8) is 0 Å². The molecule has 0 atom stereocenters. The molecular weight excluding hydrogens is 332 g/mol. The van der Waals surface area contributed by atoms with Crippen molar-refractivity contribution < 1.29 is 17.9 Å². The van der Waals surface area contributed by atoms with Crippen molar-refractivity contribution in [1.29, 1.82) is 0 Å². The fourth-order valence-electron chi connectivity index (χ4n) is 1.46. The second-order valence-electron chi connectivity index (χ2n) is 3.40. The molecule has 0 N–H and O–H groups in total. The molecule has 0 aliphatic heterocycles. The van der Waals surface area contributed by atoms with E-state index in [1.165, 1.54) is 14.2 Å². The molecule has 1 aromatic carbocycles. The van der Waals surface area contributed by atoms with Gasteiger partial charge < -0.3 is 9.47 Å². The van der Waals surface area contributed by atoms with Crippen molar-refractivity contribution >= 4 is 35.7 Å². The summed E-state index contributed by atoms with van der Waals surface area (Å²) in [4.78, 5) is 0. The van der Waals surface area contributed by atoms with Gasteiger partial charge in [0.15, 0.2) is 11.5 Å². The summed E-state index contributed by atoms with van der Waals surface area (Å²) >= 11 is 3.31. The molecule has 0 saturated heterocycles. The number of hydrogen-bond acceptors (Lipinski definition) is 4. The zero-order chi connectivity index (χ0) is 13.2. The van der Waals surface area contributed by atoms with Crippen molar-refractivity contribution in [2.75, 3.05) is 14.2 Å². The van der Waals surface area contributed by atoms with Crippen molar-refractivity contribution in [1.82, 2.24) is 0 Å². The first-order valence-corrected chi connectivity index (χ1v) is 7.89. The van der Waals surface area contributed by atoms with Gasteiger partial charge in [-0.05, 0) is 40.0 Å². The molecule has 0 aromatic heterocycles. The summed E-state index contributed by atoms with van der Waals surface area (Å²) in [5.41, 5.74) is 1.33. The van der Waals surface area contributed by atoms with Crippen LogP contribution in [0.4, 0.5) is 0 Å². The molecule has 0 heterocycles. The third-order valence-electron chi connectivity index (χ3n) is 2.25. The van der Waals surface area contributed by atoms with Crippen molar-refractivity contribution in [3.05, 3.63) is 21.7 Å². The second kappa shape index (κ2) is 5.46. The maximum Gasteiger partial charge on any atom is 0.236 e. The summed E-state index contributed by atoms with van der Waals surface area (Å²) < 4.78 is 33.1. The van der Waals surface area contributed by atoms with Crippen molar-refractivity contribution in [2.45, 2.75) is 12.7 Å². The Bertz CT molecular complexity index is 528. The fourth-order valence-corrected chi connectivity index (χ4v) is 3.50. The first kappa shape index (κ1) is 14.6. The molecule has 17 heavy (non-hydrogen) atoms. The fraction of sp³-hybridized carbons (Fsp3) is 0.400. The van der Waals surface area contributed by atoms with Gasteiger partial charge in [0.05, 0.1) is 24.4 Å². The van der Waals surface area contributed by atoms with Crippen LogP contribution in [0.1, 0.15) is 11.1 Å². The predicted octanol–water partition coefficient (Wildman–Crippen LogP) is 2.84. The maximum absolute atomic E-state index is 11.1. The minimum atomic E-state index is -3.62. The van der Waals surface area contributed by atoms with E-state index in [1.54, 1.807) is 13.0 Å². The van der Waals surface area contributed by atoms with Crippen LogP contribution in [-0.4, -0.2) is 22.6 Å². The lowest BCUT2D eigenvalue weighted by molar-refractivity contribution is 0.352. The summed E-state index contributed by atoms with van der Waals surface area (Å²) in [6.45, 7) is 1.78. The standard InChI is InChI=1S/C10H12BrClO4S/c1-6-4-8(15-2)10(16-3)9(11)7(6)5-17(12,13)14/h4H,5H2,1-3H3. The lowest BCUT2D eigenvalue weighted by atomic mass is 10.1. The molecule has 4 nitrogen and oxygen atoms in total. The number of ether oxygens (including phenoxy) is 2. The Balaban J connectivity index is 3.42. The summed E-state index contributed by atoms with van der Waals surface area (Å²) in [5, 5.41) is 0. The van der Waals surface area contributed by atoms with Gasteiger partial charge >= 0.3 is 0 Å². The first-order valence-electron chi connectivity index (χ1n) is 4.62. The van der Waals surface area contributed by atoms with Gasteiger partial charge in [-0.25, -0.2) is 8.42 Å². The van der Waals surface area contributed by atoms with Crippen LogP contribution in [0.2, 0.25) is 0 Å². The maximum atomic E-state index is 11.1. The molecule has 0 unspecified atom stereocenters. The van der Waals surface area contributed by atoms with Crippen LogP contribution in [-0.2, 0) is 14.8 Å². The minimum Gasteiger partial charge on any atom is -0.493 e. The molecule has 0 spiro atoms. The van der Waals surface area contributed by atoms with Gasteiger partial charge in [-0.1, -0.05) is 0 Å². The van der Waals surface area contributed by atoms with E-state index in [0.717, 1.165) is 5.56 Å². The average Bonchev–Trinajstić information content (AvgIpc) is 2.22. The largest absolute Gasteiger partial charge is 0.493 e. The van der Waals surface area contributed by atoms with Crippen LogP contribution in [0.3, 0.4) is 0 Å². The lowest BCUT2D eigenvalue weighted by Gasteiger charge is -2.15. The highest BCUT2D eigenvalue weighted by molar-refractivity contribution is 9.10. The van der Waals surface area contributed by atoms with Gasteiger partial charge in [0, 0.05) is 10.7 Å². The number of methoxy groups -OCH3 is 2. The summed E-state index contributed by atoms with van der Waals surface area (Å²) in [6.07, 6.45) is 0. The predicted molar refractivity (Wildman–Crippen MR) is 70.5 cm³/mol. The van der Waals surface area contributed by atoms with Crippen LogP contribution < -0.4 is 9.47 Å². The molecule has 0 aliphatic carbocycles. The van der Waals surface area contributed by atoms with E-state index in [2.05, 4.69) is 15.9 Å². The zero-order valence-corrected chi connectivity index (χ0v) is 12.7. The van der Waals surface area contributed by atoms with E-state index in [-0.39, 0.29) is 5.75 Å². The number of benzene rings is 1. The zero-order valence-electron chi connectivity index (χ0n) is 9.58. The van der Waals surface area contributed by atoms with Crippen LogP contribution in [0.25, 0.3) is 0 Å². The lowest BCUT2D eigenvalue weighted by Crippen LogP contribution is -2.02. The molecule has 0 amide bonds. The Hall–Kier alpha value is -0.460. The van der Waals surface area contributed by atoms with E-state index < -0.39 is 9.05 Å². The van der Waals surface area contributed by atoms with E-state index in [9.17, 15) is 8.42 Å². The second-order valence-corrected chi connectivity index (χ2v) is 6.97. The number of rotatable bonds is 4. The first-order chi connectivity index (χ1) is 7.80. The molecule has 0 aliphatic rings. The van der Waals surface area contributed by atoms with Crippen LogP contribution in [0.15, 0.2) is 10.5 Å². The van der Waals surface area contributed by atoms with E-state index in [1.807, 2.05) is 0 Å². The Kier molecular flexibility index (Phi) is 4.69. The Morgan fingerprint density at radius 2 is 1.94 bits per heavy atom. The molecule has 0 radical (unpaired) electrons. The van der Waals surface area contributed by atoms with Crippen LogP contribution in [0, 0.1) is 6.92 Å². The topological polar surface area (TPSA) is 52.6 Å². The smallest absolute Gasteiger partial charge is 0.236 e. The van der Waals surface area contributed by atoms with E-state index >= 15 is 0 Å². The SMILES string of the molecule is COc1cc(C)c(CS(=O)(=O)Cl)c(Br)c1OC. The van der Waals surface area contributed by atoms with Gasteiger partial charge in [0.1, 0.15) is 0 Å². The van der Waals surface area contributed by atoms with Crippen molar-refractivity contribution in [2.24, 2.45) is 0 Å². The highest BCUT2D eigenvalue weighted by Gasteiger charge is 2.19. The average molecular weight is 344 g/mol. The third-order valence-corrected chi connectivity index (χ3v) is 4.05. The molecule has 0 fully saturated rings. The highest BCUT2D eigenvalue weighted by Crippen LogP contribution is 2.40. The van der Waals surface area contributed by atoms with Gasteiger partial charge in [-0.3, -0.25) is 0 Å². The molecule has 1 aromatic rings. The number of halogens is 2.